The first-order valence-electron chi connectivity index (χ1n) is 8.20. The van der Waals surface area contributed by atoms with Crippen molar-refractivity contribution in [2.24, 2.45) is 0 Å². The summed E-state index contributed by atoms with van der Waals surface area (Å²) in [5, 5.41) is 3.57. The first kappa shape index (κ1) is 16.3. The van der Waals surface area contributed by atoms with E-state index in [1.807, 2.05) is 6.92 Å². The lowest BCUT2D eigenvalue weighted by Gasteiger charge is -2.29. The standard InChI is InChI=1S/C16H30N4O/c1-14(12-19-8-5-4-6-9-19)17-16-18-15(2)13-20(16)10-7-11-21-3/h13-14H,4-12H2,1-3H3,(H,17,18). The van der Waals surface area contributed by atoms with Crippen molar-refractivity contribution in [2.45, 2.75) is 52.1 Å². The zero-order chi connectivity index (χ0) is 15.1. The van der Waals surface area contributed by atoms with Gasteiger partial charge < -0.3 is 19.5 Å². The Morgan fingerprint density at radius 1 is 1.33 bits per heavy atom. The number of nitrogens with zero attached hydrogens (tertiary/aromatic N) is 3. The third-order valence-electron chi connectivity index (χ3n) is 4.00. The highest BCUT2D eigenvalue weighted by Crippen LogP contribution is 2.13. The summed E-state index contributed by atoms with van der Waals surface area (Å²) >= 11 is 0. The lowest BCUT2D eigenvalue weighted by Crippen LogP contribution is -2.38. The molecule has 1 aromatic heterocycles. The second-order valence-electron chi connectivity index (χ2n) is 6.15. The lowest BCUT2D eigenvalue weighted by atomic mass is 10.1. The molecule has 0 radical (unpaired) electrons. The largest absolute Gasteiger partial charge is 0.385 e. The van der Waals surface area contributed by atoms with Gasteiger partial charge in [-0.3, -0.25) is 0 Å². The number of hydrogen-bond acceptors (Lipinski definition) is 4. The number of likely N-dealkylation sites (tertiary alicyclic amines) is 1. The maximum Gasteiger partial charge on any atom is 0.203 e. The quantitative estimate of drug-likeness (QED) is 0.748. The van der Waals surface area contributed by atoms with Crippen molar-refractivity contribution >= 4 is 5.95 Å². The molecule has 1 N–H and O–H groups in total. The second-order valence-corrected chi connectivity index (χ2v) is 6.15. The van der Waals surface area contributed by atoms with Gasteiger partial charge in [-0.05, 0) is 46.2 Å². The lowest BCUT2D eigenvalue weighted by molar-refractivity contribution is 0.190. The average Bonchev–Trinajstić information content (AvgIpc) is 2.80. The van der Waals surface area contributed by atoms with Crippen molar-refractivity contribution in [3.05, 3.63) is 11.9 Å². The van der Waals surface area contributed by atoms with E-state index >= 15 is 0 Å². The van der Waals surface area contributed by atoms with Crippen LogP contribution in [0.5, 0.6) is 0 Å². The van der Waals surface area contributed by atoms with Crippen LogP contribution in [-0.4, -0.2) is 53.8 Å². The molecule has 1 unspecified atom stereocenters. The van der Waals surface area contributed by atoms with Crippen LogP contribution in [0.2, 0.25) is 0 Å². The minimum absolute atomic E-state index is 0.422. The number of ether oxygens (including phenoxy) is 1. The van der Waals surface area contributed by atoms with E-state index in [4.69, 9.17) is 4.74 Å². The summed E-state index contributed by atoms with van der Waals surface area (Å²) < 4.78 is 7.34. The van der Waals surface area contributed by atoms with Crippen LogP contribution in [0.25, 0.3) is 0 Å². The van der Waals surface area contributed by atoms with Crippen molar-refractivity contribution in [1.82, 2.24) is 14.5 Å². The highest BCUT2D eigenvalue weighted by molar-refractivity contribution is 5.30. The number of aryl methyl sites for hydroxylation is 2. The summed E-state index contributed by atoms with van der Waals surface area (Å²) in [6.45, 7) is 9.63. The molecule has 0 aliphatic carbocycles. The fourth-order valence-corrected chi connectivity index (χ4v) is 3.01. The molecule has 5 heteroatoms. The van der Waals surface area contributed by atoms with Gasteiger partial charge in [0.15, 0.2) is 0 Å². The third-order valence-corrected chi connectivity index (χ3v) is 4.00. The molecule has 0 saturated carbocycles. The number of nitrogens with one attached hydrogen (secondary N) is 1. The number of anilines is 1. The highest BCUT2D eigenvalue weighted by atomic mass is 16.5. The summed E-state index contributed by atoms with van der Waals surface area (Å²) in [5.74, 6) is 0.994. The number of rotatable bonds is 8. The summed E-state index contributed by atoms with van der Waals surface area (Å²) in [6.07, 6.45) is 7.21. The molecule has 0 bridgehead atoms. The average molecular weight is 294 g/mol. The Balaban J connectivity index is 1.85. The zero-order valence-corrected chi connectivity index (χ0v) is 13.8. The van der Waals surface area contributed by atoms with Crippen LogP contribution < -0.4 is 5.32 Å². The molecule has 0 aromatic carbocycles. The second kappa shape index (κ2) is 8.39. The van der Waals surface area contributed by atoms with Crippen LogP contribution in [0.15, 0.2) is 6.20 Å². The summed E-state index contributed by atoms with van der Waals surface area (Å²) in [5.41, 5.74) is 1.07. The maximum atomic E-state index is 5.13. The molecular formula is C16H30N4O. The van der Waals surface area contributed by atoms with Gasteiger partial charge in [0.05, 0.1) is 5.69 Å². The molecular weight excluding hydrogens is 264 g/mol. The van der Waals surface area contributed by atoms with Gasteiger partial charge in [0.2, 0.25) is 5.95 Å². The Hall–Kier alpha value is -1.07. The highest BCUT2D eigenvalue weighted by Gasteiger charge is 2.15. The molecule has 5 nitrogen and oxygen atoms in total. The van der Waals surface area contributed by atoms with E-state index in [1.54, 1.807) is 7.11 Å². The molecule has 1 aliphatic heterocycles. The molecule has 1 aromatic rings. The zero-order valence-electron chi connectivity index (χ0n) is 13.8. The Morgan fingerprint density at radius 3 is 2.81 bits per heavy atom. The van der Waals surface area contributed by atoms with Crippen LogP contribution in [-0.2, 0) is 11.3 Å². The minimum atomic E-state index is 0.422. The Morgan fingerprint density at radius 2 is 2.10 bits per heavy atom. The van der Waals surface area contributed by atoms with Crippen molar-refractivity contribution in [2.75, 3.05) is 38.7 Å². The van der Waals surface area contributed by atoms with Gasteiger partial charge in [0.1, 0.15) is 0 Å². The van der Waals surface area contributed by atoms with Gasteiger partial charge in [-0.1, -0.05) is 6.42 Å². The van der Waals surface area contributed by atoms with E-state index in [1.165, 1.54) is 32.4 Å². The van der Waals surface area contributed by atoms with E-state index in [2.05, 4.69) is 32.9 Å². The fraction of sp³-hybridized carbons (Fsp3) is 0.812. The predicted molar refractivity (Wildman–Crippen MR) is 86.8 cm³/mol. The summed E-state index contributed by atoms with van der Waals surface area (Å²) in [4.78, 5) is 7.18. The molecule has 0 amide bonds. The number of piperidine rings is 1. The first-order valence-corrected chi connectivity index (χ1v) is 8.20. The third kappa shape index (κ3) is 5.32. The van der Waals surface area contributed by atoms with Crippen molar-refractivity contribution in [3.63, 3.8) is 0 Å². The fourth-order valence-electron chi connectivity index (χ4n) is 3.01. The SMILES string of the molecule is COCCCn1cc(C)nc1NC(C)CN1CCCCC1. The van der Waals surface area contributed by atoms with Crippen molar-refractivity contribution < 1.29 is 4.74 Å². The van der Waals surface area contributed by atoms with Crippen molar-refractivity contribution in [3.8, 4) is 0 Å². The van der Waals surface area contributed by atoms with E-state index in [0.29, 0.717) is 6.04 Å². The first-order chi connectivity index (χ1) is 10.2. The van der Waals surface area contributed by atoms with Gasteiger partial charge in [-0.2, -0.15) is 0 Å². The van der Waals surface area contributed by atoms with Crippen LogP contribution in [0.1, 0.15) is 38.3 Å². The van der Waals surface area contributed by atoms with Gasteiger partial charge in [0.25, 0.3) is 0 Å². The van der Waals surface area contributed by atoms with Gasteiger partial charge in [-0.15, -0.1) is 0 Å². The molecule has 2 heterocycles. The summed E-state index contributed by atoms with van der Waals surface area (Å²) in [7, 11) is 1.75. The Kier molecular flexibility index (Phi) is 6.51. The van der Waals surface area contributed by atoms with Crippen LogP contribution in [0, 0.1) is 6.92 Å². The van der Waals surface area contributed by atoms with E-state index in [-0.39, 0.29) is 0 Å². The normalized spacial score (nSPS) is 17.9. The van der Waals surface area contributed by atoms with Crippen LogP contribution in [0.4, 0.5) is 5.95 Å². The predicted octanol–water partition coefficient (Wildman–Crippen LogP) is 2.51. The number of aromatic nitrogens is 2. The molecule has 1 fully saturated rings. The maximum absolute atomic E-state index is 5.13. The van der Waals surface area contributed by atoms with Crippen LogP contribution >= 0.6 is 0 Å². The van der Waals surface area contributed by atoms with Gasteiger partial charge >= 0.3 is 0 Å². The molecule has 0 spiro atoms. The monoisotopic (exact) mass is 294 g/mol. The molecule has 1 aliphatic rings. The minimum Gasteiger partial charge on any atom is -0.385 e. The van der Waals surface area contributed by atoms with E-state index < -0.39 is 0 Å². The Labute approximate surface area is 128 Å². The van der Waals surface area contributed by atoms with Crippen LogP contribution in [0.3, 0.4) is 0 Å². The molecule has 1 saturated heterocycles. The molecule has 21 heavy (non-hydrogen) atoms. The smallest absolute Gasteiger partial charge is 0.203 e. The summed E-state index contributed by atoms with van der Waals surface area (Å²) in [6, 6.07) is 0.422. The van der Waals surface area contributed by atoms with E-state index in [9.17, 15) is 0 Å². The molecule has 1 atom stereocenters. The topological polar surface area (TPSA) is 42.3 Å². The molecule has 120 valence electrons. The van der Waals surface area contributed by atoms with Gasteiger partial charge in [0, 0.05) is 39.0 Å². The molecule has 2 rings (SSSR count). The number of imidazole rings is 1. The van der Waals surface area contributed by atoms with Gasteiger partial charge in [-0.25, -0.2) is 4.98 Å². The van der Waals surface area contributed by atoms with E-state index in [0.717, 1.165) is 37.8 Å². The number of hydrogen-bond donors (Lipinski definition) is 1. The Bertz CT molecular complexity index is 412. The number of methoxy groups -OCH3 is 1. The van der Waals surface area contributed by atoms with Crippen molar-refractivity contribution in [1.29, 1.82) is 0 Å².